The third-order valence-corrected chi connectivity index (χ3v) is 10.5. The van der Waals surface area contributed by atoms with Crippen LogP contribution in [-0.4, -0.2) is 69.4 Å². The fraction of sp³-hybridized carbons (Fsp3) is 0.556. The van der Waals surface area contributed by atoms with Gasteiger partial charge >= 0.3 is 5.97 Å². The fourth-order valence-corrected chi connectivity index (χ4v) is 8.21. The Labute approximate surface area is 257 Å². The van der Waals surface area contributed by atoms with E-state index in [4.69, 9.17) is 10.8 Å². The van der Waals surface area contributed by atoms with Crippen molar-refractivity contribution in [2.45, 2.75) is 82.8 Å². The lowest BCUT2D eigenvalue weighted by molar-refractivity contribution is -0.145. The third-order valence-electron chi connectivity index (χ3n) is 10.5. The molecule has 1 unspecified atom stereocenters. The molecule has 3 N–H and O–H groups in total. The molecule has 1 saturated carbocycles. The van der Waals surface area contributed by atoms with Crippen LogP contribution in [0.4, 0.5) is 0 Å². The van der Waals surface area contributed by atoms with Crippen LogP contribution in [0.25, 0.3) is 11.3 Å². The number of nitrogens with zero attached hydrogens (tertiary/aromatic N) is 4. The maximum atomic E-state index is 12.6. The summed E-state index contributed by atoms with van der Waals surface area (Å²) in [6.45, 7) is 8.52. The van der Waals surface area contributed by atoms with E-state index in [9.17, 15) is 9.90 Å². The molecule has 0 amide bonds. The Morgan fingerprint density at radius 3 is 2.35 bits per heavy atom. The first-order chi connectivity index (χ1) is 21.0. The zero-order valence-electron chi connectivity index (χ0n) is 25.8. The Morgan fingerprint density at radius 2 is 1.70 bits per heavy atom. The van der Waals surface area contributed by atoms with Crippen LogP contribution in [0.15, 0.2) is 60.7 Å². The molecule has 3 fully saturated rings. The maximum absolute atomic E-state index is 12.6. The molecular formula is C36H49N5O2. The lowest BCUT2D eigenvalue weighted by Gasteiger charge is -2.35. The summed E-state index contributed by atoms with van der Waals surface area (Å²) in [6.07, 6.45) is 7.94. The molecule has 2 aliphatic heterocycles. The minimum Gasteiger partial charge on any atom is -0.480 e. The van der Waals surface area contributed by atoms with E-state index in [2.05, 4.69) is 82.1 Å². The molecule has 0 spiro atoms. The summed E-state index contributed by atoms with van der Waals surface area (Å²) in [5.41, 5.74) is 11.8. The van der Waals surface area contributed by atoms with Crippen molar-refractivity contribution in [3.05, 3.63) is 77.5 Å². The SMILES string of the molecule is CCn1nc(-c2ccc(CN)cc2)cc1C1CCN(C[C@H]2CN([C@@H](C(=O)O)C3CCCCC3)CC2c2ccccc2)CC1. The number of aryl methyl sites for hydroxylation is 1. The number of piperidine rings is 1. The zero-order valence-corrected chi connectivity index (χ0v) is 25.8. The number of carboxylic acids is 1. The second kappa shape index (κ2) is 13.7. The fourth-order valence-electron chi connectivity index (χ4n) is 8.21. The number of hydrogen-bond acceptors (Lipinski definition) is 5. The van der Waals surface area contributed by atoms with Crippen molar-refractivity contribution in [1.29, 1.82) is 0 Å². The molecule has 1 aromatic heterocycles. The van der Waals surface area contributed by atoms with Gasteiger partial charge in [-0.25, -0.2) is 0 Å². The number of hydrogen-bond donors (Lipinski definition) is 2. The van der Waals surface area contributed by atoms with Crippen molar-refractivity contribution in [2.75, 3.05) is 32.7 Å². The Hall–Kier alpha value is -3.00. The number of benzene rings is 2. The van der Waals surface area contributed by atoms with E-state index in [0.29, 0.717) is 24.3 Å². The van der Waals surface area contributed by atoms with Gasteiger partial charge in [0.15, 0.2) is 0 Å². The van der Waals surface area contributed by atoms with Crippen molar-refractivity contribution in [3.63, 3.8) is 0 Å². The summed E-state index contributed by atoms with van der Waals surface area (Å²) < 4.78 is 2.20. The normalized spacial score (nSPS) is 23.5. The Bertz CT molecular complexity index is 1330. The van der Waals surface area contributed by atoms with Crippen LogP contribution in [0.3, 0.4) is 0 Å². The van der Waals surface area contributed by atoms with Gasteiger partial charge in [-0.3, -0.25) is 14.4 Å². The number of carboxylic acid groups (broad SMARTS) is 1. The zero-order chi connectivity index (χ0) is 29.8. The molecule has 2 saturated heterocycles. The van der Waals surface area contributed by atoms with E-state index in [1.54, 1.807) is 0 Å². The maximum Gasteiger partial charge on any atom is 0.321 e. The highest BCUT2D eigenvalue weighted by molar-refractivity contribution is 5.74. The predicted octanol–water partition coefficient (Wildman–Crippen LogP) is 5.96. The van der Waals surface area contributed by atoms with Crippen molar-refractivity contribution < 1.29 is 9.90 Å². The van der Waals surface area contributed by atoms with Gasteiger partial charge in [-0.2, -0.15) is 5.10 Å². The molecule has 0 radical (unpaired) electrons. The van der Waals surface area contributed by atoms with Gasteiger partial charge < -0.3 is 15.7 Å². The van der Waals surface area contributed by atoms with E-state index in [-0.39, 0.29) is 12.0 Å². The van der Waals surface area contributed by atoms with Crippen LogP contribution in [0.2, 0.25) is 0 Å². The van der Waals surface area contributed by atoms with Crippen molar-refractivity contribution >= 4 is 5.97 Å². The predicted molar refractivity (Wildman–Crippen MR) is 172 cm³/mol. The minimum atomic E-state index is -0.623. The van der Waals surface area contributed by atoms with E-state index in [1.165, 1.54) is 30.5 Å². The Morgan fingerprint density at radius 1 is 0.977 bits per heavy atom. The van der Waals surface area contributed by atoms with E-state index in [1.807, 2.05) is 0 Å². The average molecular weight is 584 g/mol. The van der Waals surface area contributed by atoms with Crippen LogP contribution >= 0.6 is 0 Å². The quantitative estimate of drug-likeness (QED) is 0.306. The van der Waals surface area contributed by atoms with Crippen molar-refractivity contribution in [2.24, 2.45) is 17.6 Å². The monoisotopic (exact) mass is 583 g/mol. The number of rotatable bonds is 10. The van der Waals surface area contributed by atoms with Crippen LogP contribution in [0, 0.1) is 11.8 Å². The number of aliphatic carboxylic acids is 1. The van der Waals surface area contributed by atoms with E-state index >= 15 is 0 Å². The highest BCUT2D eigenvalue weighted by Gasteiger charge is 2.43. The summed E-state index contributed by atoms with van der Waals surface area (Å²) in [5.74, 6) is 0.979. The highest BCUT2D eigenvalue weighted by atomic mass is 16.4. The van der Waals surface area contributed by atoms with Gasteiger partial charge in [0.25, 0.3) is 0 Å². The molecule has 1 aliphatic carbocycles. The Kier molecular flexibility index (Phi) is 9.61. The van der Waals surface area contributed by atoms with Gasteiger partial charge in [0.2, 0.25) is 0 Å². The summed E-state index contributed by atoms with van der Waals surface area (Å²) in [5, 5.41) is 15.3. The lowest BCUT2D eigenvalue weighted by atomic mass is 9.83. The van der Waals surface area contributed by atoms with Gasteiger partial charge in [-0.1, -0.05) is 73.9 Å². The van der Waals surface area contributed by atoms with Gasteiger partial charge in [0.05, 0.1) is 5.69 Å². The minimum absolute atomic E-state index is 0.282. The number of carbonyl (C=O) groups is 1. The standard InChI is InChI=1S/C36H49N5O2/c1-2-41-34(21-33(38-41)28-15-13-26(22-37)14-16-28)29-17-19-39(20-18-29)23-31-24-40(25-32(31)27-9-5-3-6-10-27)35(36(42)43)30-11-7-4-8-12-30/h3,5-6,9-10,13-16,21,29-32,35H,2,4,7-8,11-12,17-20,22-25,37H2,1H3,(H,42,43)/t31-,32?,35+/m0/s1. The molecule has 43 heavy (non-hydrogen) atoms. The van der Waals surface area contributed by atoms with Crippen molar-refractivity contribution in [3.8, 4) is 11.3 Å². The van der Waals surface area contributed by atoms with Gasteiger partial charge in [-0.15, -0.1) is 0 Å². The van der Waals surface area contributed by atoms with Crippen LogP contribution in [0.1, 0.15) is 80.5 Å². The second-order valence-electron chi connectivity index (χ2n) is 13.2. The molecule has 7 heteroatoms. The first kappa shape index (κ1) is 30.0. The number of nitrogens with two attached hydrogens (primary N) is 1. The first-order valence-corrected chi connectivity index (χ1v) is 16.6. The molecule has 230 valence electrons. The van der Waals surface area contributed by atoms with Crippen LogP contribution in [0.5, 0.6) is 0 Å². The van der Waals surface area contributed by atoms with Gasteiger partial charge in [0.1, 0.15) is 6.04 Å². The number of aromatic nitrogens is 2. The molecule has 2 aromatic carbocycles. The third kappa shape index (κ3) is 6.74. The summed E-state index contributed by atoms with van der Waals surface area (Å²) >= 11 is 0. The summed E-state index contributed by atoms with van der Waals surface area (Å²) in [6, 6.07) is 21.3. The van der Waals surface area contributed by atoms with Crippen molar-refractivity contribution in [1.82, 2.24) is 19.6 Å². The van der Waals surface area contributed by atoms with Gasteiger partial charge in [-0.05, 0) is 74.7 Å². The largest absolute Gasteiger partial charge is 0.480 e. The smallest absolute Gasteiger partial charge is 0.321 e. The topological polar surface area (TPSA) is 87.6 Å². The average Bonchev–Trinajstić information content (AvgIpc) is 3.67. The van der Waals surface area contributed by atoms with E-state index in [0.717, 1.165) is 81.8 Å². The lowest BCUT2D eigenvalue weighted by Crippen LogP contribution is -2.46. The Balaban J connectivity index is 1.13. The molecule has 3 atom stereocenters. The highest BCUT2D eigenvalue weighted by Crippen LogP contribution is 2.39. The molecule has 3 heterocycles. The number of likely N-dealkylation sites (tertiary alicyclic amines) is 2. The van der Waals surface area contributed by atoms with Gasteiger partial charge in [0, 0.05) is 55.8 Å². The first-order valence-electron chi connectivity index (χ1n) is 16.6. The van der Waals surface area contributed by atoms with E-state index < -0.39 is 5.97 Å². The molecule has 3 aliphatic rings. The summed E-state index contributed by atoms with van der Waals surface area (Å²) in [4.78, 5) is 17.6. The van der Waals surface area contributed by atoms with Crippen LogP contribution < -0.4 is 5.73 Å². The molecule has 3 aromatic rings. The second-order valence-corrected chi connectivity index (χ2v) is 13.2. The molecule has 0 bridgehead atoms. The summed E-state index contributed by atoms with van der Waals surface area (Å²) in [7, 11) is 0. The van der Waals surface area contributed by atoms with Crippen LogP contribution in [-0.2, 0) is 17.9 Å². The molecule has 6 rings (SSSR count). The molecule has 7 nitrogen and oxygen atoms in total. The molecular weight excluding hydrogens is 534 g/mol.